The number of carboxylic acid groups (broad SMARTS) is 2. The van der Waals surface area contributed by atoms with E-state index in [2.05, 4.69) is 11.1 Å². The number of aliphatic carboxylic acids is 2. The first-order chi connectivity index (χ1) is 12.8. The summed E-state index contributed by atoms with van der Waals surface area (Å²) in [4.78, 5) is 21.2. The van der Waals surface area contributed by atoms with Gasteiger partial charge in [0.05, 0.1) is 19.2 Å². The van der Waals surface area contributed by atoms with Crippen molar-refractivity contribution in [3.8, 4) is 0 Å². The van der Waals surface area contributed by atoms with E-state index in [1.54, 1.807) is 0 Å². The molecule has 0 aliphatic heterocycles. The molecule has 0 saturated carbocycles. The molecule has 0 radical (unpaired) electrons. The van der Waals surface area contributed by atoms with Crippen molar-refractivity contribution < 1.29 is 96.3 Å². The fraction of sp³-hybridized carbons (Fsp3) is 0.889. The van der Waals surface area contributed by atoms with E-state index in [9.17, 15) is 28.2 Å². The Morgan fingerprint density at radius 2 is 1.28 bits per heavy atom. The SMILES string of the molecule is CCCCCCCCCCCCOCCOS(=O)(=O)C(CC(=O)[O-])C(=O)[O-].[Na+].[Na+]. The molecule has 0 saturated heterocycles. The van der Waals surface area contributed by atoms with Crippen LogP contribution in [0.1, 0.15) is 77.6 Å². The molecule has 0 amide bonds. The molecule has 0 spiro atoms. The first-order valence-electron chi connectivity index (χ1n) is 9.68. The third kappa shape index (κ3) is 20.5. The standard InChI is InChI=1S/C18H34O8S.2Na/c1-2-3-4-5-6-7-8-9-10-11-12-25-13-14-26-27(23,24)16(18(21)22)15-17(19)20;;/h16H,2-15H2,1H3,(H,19,20)(H,21,22);;/q;2*+1/p-2. The maximum absolute atomic E-state index is 11.6. The summed E-state index contributed by atoms with van der Waals surface area (Å²) in [6, 6.07) is 0. The quantitative estimate of drug-likeness (QED) is 0.107. The molecule has 11 heteroatoms. The van der Waals surface area contributed by atoms with Crippen LogP contribution in [0, 0.1) is 0 Å². The van der Waals surface area contributed by atoms with Crippen molar-refractivity contribution in [2.24, 2.45) is 0 Å². The van der Waals surface area contributed by atoms with Gasteiger partial charge in [-0.1, -0.05) is 64.7 Å². The molecule has 0 aliphatic carbocycles. The summed E-state index contributed by atoms with van der Waals surface area (Å²) in [5, 5.41) is 18.9. The van der Waals surface area contributed by atoms with Crippen molar-refractivity contribution in [2.75, 3.05) is 19.8 Å². The second-order valence-corrected chi connectivity index (χ2v) is 8.28. The summed E-state index contributed by atoms with van der Waals surface area (Å²) in [5.41, 5.74) is 0. The Hall–Kier alpha value is 0.810. The minimum Gasteiger partial charge on any atom is -0.550 e. The number of carbonyl (C=O) groups is 2. The van der Waals surface area contributed by atoms with Crippen LogP contribution in [-0.4, -0.2) is 45.4 Å². The zero-order chi connectivity index (χ0) is 20.5. The first kappa shape index (κ1) is 34.4. The Morgan fingerprint density at radius 3 is 1.72 bits per heavy atom. The molecule has 0 bridgehead atoms. The number of ether oxygens (including phenoxy) is 1. The fourth-order valence-electron chi connectivity index (χ4n) is 2.54. The van der Waals surface area contributed by atoms with E-state index in [-0.39, 0.29) is 72.3 Å². The Kier molecular flexibility index (Phi) is 26.1. The van der Waals surface area contributed by atoms with Gasteiger partial charge in [0.1, 0.15) is 5.25 Å². The molecular weight excluding hydrogens is 422 g/mol. The summed E-state index contributed by atoms with van der Waals surface area (Å²) in [6.45, 7) is 2.26. The number of carboxylic acids is 2. The van der Waals surface area contributed by atoms with Crippen molar-refractivity contribution in [3.05, 3.63) is 0 Å². The Bertz CT molecular complexity index is 514. The molecule has 8 nitrogen and oxygen atoms in total. The fourth-order valence-corrected chi connectivity index (χ4v) is 3.58. The topological polar surface area (TPSA) is 133 Å². The molecule has 0 rings (SSSR count). The number of hydrogen-bond acceptors (Lipinski definition) is 8. The van der Waals surface area contributed by atoms with Gasteiger partial charge in [-0.25, -0.2) is 0 Å². The van der Waals surface area contributed by atoms with E-state index in [4.69, 9.17) is 4.74 Å². The predicted octanol–water partition coefficient (Wildman–Crippen LogP) is -5.46. The van der Waals surface area contributed by atoms with Gasteiger partial charge in [-0.3, -0.25) is 4.18 Å². The third-order valence-corrected chi connectivity index (χ3v) is 5.63. The zero-order valence-corrected chi connectivity index (χ0v) is 23.0. The second-order valence-electron chi connectivity index (χ2n) is 6.49. The predicted molar refractivity (Wildman–Crippen MR) is 96.0 cm³/mol. The van der Waals surface area contributed by atoms with E-state index < -0.39 is 33.7 Å². The average molecular weight is 454 g/mol. The zero-order valence-electron chi connectivity index (χ0n) is 18.2. The summed E-state index contributed by atoms with van der Waals surface area (Å²) >= 11 is 0. The van der Waals surface area contributed by atoms with Crippen molar-refractivity contribution >= 4 is 22.1 Å². The van der Waals surface area contributed by atoms with Crippen molar-refractivity contribution in [2.45, 2.75) is 82.8 Å². The molecule has 0 aromatic carbocycles. The molecule has 0 aromatic heterocycles. The molecule has 0 aliphatic rings. The molecule has 160 valence electrons. The molecule has 1 atom stereocenters. The van der Waals surface area contributed by atoms with Crippen LogP contribution in [-0.2, 0) is 28.6 Å². The van der Waals surface area contributed by atoms with Gasteiger partial charge in [0.2, 0.25) is 0 Å². The molecule has 1 unspecified atom stereocenters. The van der Waals surface area contributed by atoms with Gasteiger partial charge >= 0.3 is 59.1 Å². The van der Waals surface area contributed by atoms with Gasteiger partial charge in [-0.15, -0.1) is 0 Å². The summed E-state index contributed by atoms with van der Waals surface area (Å²) < 4.78 is 33.0. The normalized spacial score (nSPS) is 11.9. The van der Waals surface area contributed by atoms with Crippen LogP contribution in [0.4, 0.5) is 0 Å². The van der Waals surface area contributed by atoms with Crippen LogP contribution < -0.4 is 69.3 Å². The van der Waals surface area contributed by atoms with Gasteiger partial charge in [-0.05, 0) is 6.42 Å². The van der Waals surface area contributed by atoms with Crippen LogP contribution >= 0.6 is 0 Å². The van der Waals surface area contributed by atoms with Crippen LogP contribution in [0.25, 0.3) is 0 Å². The van der Waals surface area contributed by atoms with Crippen LogP contribution in [0.5, 0.6) is 0 Å². The monoisotopic (exact) mass is 454 g/mol. The molecule has 0 N–H and O–H groups in total. The maximum Gasteiger partial charge on any atom is 1.00 e. The Morgan fingerprint density at radius 1 is 0.793 bits per heavy atom. The van der Waals surface area contributed by atoms with Gasteiger partial charge < -0.3 is 24.5 Å². The van der Waals surface area contributed by atoms with E-state index in [0.29, 0.717) is 6.61 Å². The van der Waals surface area contributed by atoms with Crippen LogP contribution in [0.3, 0.4) is 0 Å². The number of hydrogen-bond donors (Lipinski definition) is 0. The number of unbranched alkanes of at least 4 members (excludes halogenated alkanes) is 9. The third-order valence-electron chi connectivity index (χ3n) is 4.08. The smallest absolute Gasteiger partial charge is 0.550 e. The summed E-state index contributed by atoms with van der Waals surface area (Å²) in [7, 11) is -4.60. The number of carbonyl (C=O) groups excluding carboxylic acids is 2. The second kappa shape index (κ2) is 22.0. The molecular formula is C18H32Na2O8S. The van der Waals surface area contributed by atoms with E-state index >= 15 is 0 Å². The average Bonchev–Trinajstić information content (AvgIpc) is 2.59. The first-order valence-corrected chi connectivity index (χ1v) is 11.1. The minimum absolute atomic E-state index is 0. The van der Waals surface area contributed by atoms with E-state index in [1.807, 2.05) is 0 Å². The molecule has 0 fully saturated rings. The largest absolute Gasteiger partial charge is 1.00 e. The molecule has 29 heavy (non-hydrogen) atoms. The van der Waals surface area contributed by atoms with Crippen LogP contribution in [0.2, 0.25) is 0 Å². The van der Waals surface area contributed by atoms with Gasteiger partial charge in [0.15, 0.2) is 0 Å². The number of rotatable bonds is 19. The summed E-state index contributed by atoms with van der Waals surface area (Å²) in [5.74, 6) is -3.85. The summed E-state index contributed by atoms with van der Waals surface area (Å²) in [6.07, 6.45) is 10.7. The minimum atomic E-state index is -4.60. The molecule has 0 heterocycles. The van der Waals surface area contributed by atoms with E-state index in [0.717, 1.165) is 19.3 Å². The Labute approximate surface area is 219 Å². The Balaban J connectivity index is -0.00000338. The van der Waals surface area contributed by atoms with Gasteiger partial charge in [0.25, 0.3) is 10.1 Å². The van der Waals surface area contributed by atoms with Crippen molar-refractivity contribution in [1.29, 1.82) is 0 Å². The van der Waals surface area contributed by atoms with Crippen LogP contribution in [0.15, 0.2) is 0 Å². The van der Waals surface area contributed by atoms with Gasteiger partial charge in [0, 0.05) is 19.0 Å². The van der Waals surface area contributed by atoms with Gasteiger partial charge in [-0.2, -0.15) is 8.42 Å². The molecule has 0 aromatic rings. The van der Waals surface area contributed by atoms with Crippen molar-refractivity contribution in [3.63, 3.8) is 0 Å². The van der Waals surface area contributed by atoms with Crippen molar-refractivity contribution in [1.82, 2.24) is 0 Å². The van der Waals surface area contributed by atoms with E-state index in [1.165, 1.54) is 44.9 Å². The maximum atomic E-state index is 11.6.